The molecule has 4 aliphatic rings. The predicted octanol–water partition coefficient (Wildman–Crippen LogP) is 28.7. The van der Waals surface area contributed by atoms with Crippen LogP contribution in [0.25, 0.3) is 220 Å². The number of para-hydroxylation sites is 4. The molecule has 0 bridgehead atoms. The van der Waals surface area contributed by atoms with Crippen LogP contribution < -0.4 is 0 Å². The van der Waals surface area contributed by atoms with Gasteiger partial charge in [0.2, 0.25) is 0 Å². The van der Waals surface area contributed by atoms with Crippen molar-refractivity contribution in [2.45, 2.75) is 10.8 Å². The van der Waals surface area contributed by atoms with E-state index in [9.17, 15) is 0 Å². The number of hydrogen-bond donors (Lipinski definition) is 0. The highest BCUT2D eigenvalue weighted by atomic mass is 16.3. The van der Waals surface area contributed by atoms with Crippen LogP contribution in [0.3, 0.4) is 0 Å². The molecule has 2 spiro atoms. The molecule has 504 valence electrons. The van der Waals surface area contributed by atoms with E-state index in [1.807, 2.05) is 0 Å². The molecule has 0 aliphatic heterocycles. The van der Waals surface area contributed by atoms with Crippen molar-refractivity contribution in [1.82, 2.24) is 0 Å². The van der Waals surface area contributed by atoms with Crippen LogP contribution in [0.2, 0.25) is 0 Å². The fourth-order valence-electron chi connectivity index (χ4n) is 21.5. The lowest BCUT2D eigenvalue weighted by atomic mass is 9.68. The van der Waals surface area contributed by atoms with Crippen LogP contribution >= 0.6 is 0 Å². The zero-order chi connectivity index (χ0) is 71.1. The minimum Gasteiger partial charge on any atom is -0.456 e. The largest absolute Gasteiger partial charge is 0.456 e. The first-order valence-corrected chi connectivity index (χ1v) is 38.1. The Hall–Kier alpha value is -14.3. The third-order valence-corrected chi connectivity index (χ3v) is 26.0. The molecule has 27 rings (SSSR count). The molecule has 0 atom stereocenters. The van der Waals surface area contributed by atoms with E-state index in [0.717, 1.165) is 132 Å². The average molecular weight is 1390 g/mol. The van der Waals surface area contributed by atoms with E-state index < -0.39 is 10.8 Å². The SMILES string of the molecule is c1ccc2c(c1)-c1c(cc3c4cccc5c6c(cc(c7cccc1c73)c54)C1(c3cc(-c4ccc5oc7ccccc7c5c4)ccc3-c3ccc(-c4ccc5oc7ccccc7c5c4)cc31)c1ccccc1-6)C21c2cc(-c3ccc4oc5ccccc5c4c3)ccc2-c2ccc(-c3ccc4oc5ccccc5c4c3)cc21. The zero-order valence-corrected chi connectivity index (χ0v) is 59.0. The normalized spacial score (nSPS) is 14.0. The molecule has 110 heavy (non-hydrogen) atoms. The maximum Gasteiger partial charge on any atom is 0.135 e. The Bertz CT molecular complexity index is 7380. The van der Waals surface area contributed by atoms with Crippen molar-refractivity contribution < 1.29 is 17.7 Å². The maximum absolute atomic E-state index is 6.46. The van der Waals surface area contributed by atoms with Crippen molar-refractivity contribution in [2.24, 2.45) is 0 Å². The summed E-state index contributed by atoms with van der Waals surface area (Å²) in [4.78, 5) is 0. The number of furan rings is 4. The van der Waals surface area contributed by atoms with Gasteiger partial charge in [0.25, 0.3) is 0 Å². The van der Waals surface area contributed by atoms with Gasteiger partial charge in [-0.2, -0.15) is 0 Å². The summed E-state index contributed by atoms with van der Waals surface area (Å²) in [7, 11) is 0. The second kappa shape index (κ2) is 20.4. The van der Waals surface area contributed by atoms with E-state index in [-0.39, 0.29) is 0 Å². The molecule has 0 amide bonds. The lowest BCUT2D eigenvalue weighted by Gasteiger charge is -2.32. The zero-order valence-electron chi connectivity index (χ0n) is 59.0. The Morgan fingerprint density at radius 1 is 0.145 bits per heavy atom. The molecule has 4 aromatic heterocycles. The van der Waals surface area contributed by atoms with Gasteiger partial charge in [-0.1, -0.05) is 231 Å². The van der Waals surface area contributed by atoms with Crippen LogP contribution in [0.5, 0.6) is 0 Å². The summed E-state index contributed by atoms with van der Waals surface area (Å²) in [6, 6.07) is 128. The Morgan fingerprint density at radius 3 is 0.727 bits per heavy atom. The van der Waals surface area contributed by atoms with Crippen molar-refractivity contribution in [2.75, 3.05) is 0 Å². The van der Waals surface area contributed by atoms with E-state index in [2.05, 4.69) is 340 Å². The maximum atomic E-state index is 6.46. The fraction of sp³-hybridized carbons (Fsp3) is 0.0189. The first-order chi connectivity index (χ1) is 54.5. The number of rotatable bonds is 4. The van der Waals surface area contributed by atoms with Gasteiger partial charge in [-0.25, -0.2) is 0 Å². The summed E-state index contributed by atoms with van der Waals surface area (Å²) in [6.07, 6.45) is 0. The fourth-order valence-corrected chi connectivity index (χ4v) is 21.5. The van der Waals surface area contributed by atoms with Crippen LogP contribution in [-0.2, 0) is 10.8 Å². The van der Waals surface area contributed by atoms with E-state index in [4.69, 9.17) is 17.7 Å². The number of fused-ring (bicyclic) bond motifs is 36. The minimum absolute atomic E-state index is 0.739. The molecular formula is C106H56O4. The van der Waals surface area contributed by atoms with Crippen LogP contribution in [0.15, 0.2) is 357 Å². The Labute approximate surface area is 628 Å². The molecule has 0 unspecified atom stereocenters. The molecule has 4 nitrogen and oxygen atoms in total. The van der Waals surface area contributed by atoms with Gasteiger partial charge in [0, 0.05) is 43.1 Å². The molecule has 0 saturated heterocycles. The highest BCUT2D eigenvalue weighted by Gasteiger charge is 2.55. The third kappa shape index (κ3) is 7.14. The molecule has 0 fully saturated rings. The van der Waals surface area contributed by atoms with Crippen LogP contribution in [-0.4, -0.2) is 0 Å². The van der Waals surface area contributed by atoms with Gasteiger partial charge < -0.3 is 17.7 Å². The average Bonchev–Trinajstić information content (AvgIpc) is 1.35. The molecule has 4 heteroatoms. The topological polar surface area (TPSA) is 52.6 Å². The summed E-state index contributed by atoms with van der Waals surface area (Å²) in [5.41, 5.74) is 35.3. The van der Waals surface area contributed by atoms with E-state index in [1.54, 1.807) is 0 Å². The van der Waals surface area contributed by atoms with E-state index in [1.165, 1.54) is 132 Å². The van der Waals surface area contributed by atoms with Gasteiger partial charge in [0.1, 0.15) is 44.7 Å². The first-order valence-electron chi connectivity index (χ1n) is 38.1. The minimum atomic E-state index is -0.739. The van der Waals surface area contributed by atoms with Crippen LogP contribution in [0.4, 0.5) is 0 Å². The summed E-state index contributed by atoms with van der Waals surface area (Å²) < 4.78 is 25.8. The van der Waals surface area contributed by atoms with Gasteiger partial charge in [-0.05, 0) is 286 Å². The standard InChI is InChI=1S/C106H56O4/c1-7-25-85-75(19-1)103-77-23-13-21-73-84-56-92-104(76-20-2-8-26-86(76)106(92)89-53-63(59-37-45-99-81(49-59)71-17-5-11-29-95(71)109-99)33-41-67(89)68-42-34-64(54-90(68)106)60-38-46-100-82(50-60)72-18-6-12-30-96(72)110-100)78-24-14-22-74(102(78)84)83(101(73)77)55-91(103)105(85)87-51-61(57-35-43-97-79(47-57)69-15-3-9-27-93(69)107-97)31-39-65(87)66-40-32-62(52-88(66)105)58-36-44-98-80(48-58)70-16-4-10-28-94(70)108-98/h1-56H. The summed E-state index contributed by atoms with van der Waals surface area (Å²) in [5.74, 6) is 0. The molecule has 0 saturated carbocycles. The Balaban J connectivity index is 0.727. The quantitative estimate of drug-likeness (QED) is 0.130. The Kier molecular flexibility index (Phi) is 10.8. The summed E-state index contributed by atoms with van der Waals surface area (Å²) >= 11 is 0. The molecule has 0 radical (unpaired) electrons. The van der Waals surface area contributed by atoms with Gasteiger partial charge in [-0.3, -0.25) is 0 Å². The second-order valence-electron chi connectivity index (χ2n) is 31.0. The van der Waals surface area contributed by atoms with Crippen LogP contribution in [0, 0.1) is 0 Å². The third-order valence-electron chi connectivity index (χ3n) is 26.0. The lowest BCUT2D eigenvalue weighted by Crippen LogP contribution is -2.26. The molecule has 4 aliphatic carbocycles. The molecular weight excluding hydrogens is 1340 g/mol. The van der Waals surface area contributed by atoms with Crippen molar-refractivity contribution in [3.63, 3.8) is 0 Å². The highest BCUT2D eigenvalue weighted by molar-refractivity contribution is 6.37. The van der Waals surface area contributed by atoms with Gasteiger partial charge in [0.15, 0.2) is 0 Å². The van der Waals surface area contributed by atoms with E-state index >= 15 is 0 Å². The summed E-state index contributed by atoms with van der Waals surface area (Å²) in [6.45, 7) is 0. The van der Waals surface area contributed by atoms with Gasteiger partial charge in [-0.15, -0.1) is 0 Å². The van der Waals surface area contributed by atoms with E-state index in [0.29, 0.717) is 0 Å². The first kappa shape index (κ1) is 57.9. The summed E-state index contributed by atoms with van der Waals surface area (Å²) in [5, 5.41) is 19.0. The van der Waals surface area contributed by atoms with Crippen molar-refractivity contribution in [1.29, 1.82) is 0 Å². The van der Waals surface area contributed by atoms with Crippen molar-refractivity contribution >= 4 is 131 Å². The monoisotopic (exact) mass is 1390 g/mol. The van der Waals surface area contributed by atoms with Crippen LogP contribution in [0.1, 0.15) is 44.5 Å². The van der Waals surface area contributed by atoms with Crippen molar-refractivity contribution in [3.05, 3.63) is 384 Å². The van der Waals surface area contributed by atoms with Gasteiger partial charge in [0.05, 0.1) is 10.8 Å². The molecule has 23 aromatic rings. The second-order valence-corrected chi connectivity index (χ2v) is 31.0. The highest BCUT2D eigenvalue weighted by Crippen LogP contribution is 2.69. The number of benzene rings is 19. The molecule has 4 heterocycles. The Morgan fingerprint density at radius 2 is 0.400 bits per heavy atom. The number of hydrogen-bond acceptors (Lipinski definition) is 4. The molecule has 19 aromatic carbocycles. The van der Waals surface area contributed by atoms with Crippen molar-refractivity contribution in [3.8, 4) is 89.0 Å². The lowest BCUT2D eigenvalue weighted by molar-refractivity contribution is 0.668. The predicted molar refractivity (Wildman–Crippen MR) is 451 cm³/mol. The molecule has 0 N–H and O–H groups in total. The van der Waals surface area contributed by atoms with Gasteiger partial charge >= 0.3 is 0 Å². The smallest absolute Gasteiger partial charge is 0.135 e.